The van der Waals surface area contributed by atoms with Gasteiger partial charge in [-0.1, -0.05) is 45.0 Å². The number of benzene rings is 1. The van der Waals surface area contributed by atoms with Crippen LogP contribution < -0.4 is 5.73 Å². The van der Waals surface area contributed by atoms with Crippen LogP contribution in [0.5, 0.6) is 0 Å². The first-order valence-electron chi connectivity index (χ1n) is 7.44. The van der Waals surface area contributed by atoms with Gasteiger partial charge in [-0.15, -0.1) is 0 Å². The molecule has 20 heavy (non-hydrogen) atoms. The van der Waals surface area contributed by atoms with Crippen LogP contribution in [-0.4, -0.2) is 23.4 Å². The van der Waals surface area contributed by atoms with Crippen LogP contribution in [0.15, 0.2) is 24.3 Å². The summed E-state index contributed by atoms with van der Waals surface area (Å²) in [5.74, 6) is 0.0863. The molecule has 0 aromatic heterocycles. The molecule has 2 rings (SSSR count). The topological polar surface area (TPSA) is 46.3 Å². The van der Waals surface area contributed by atoms with Gasteiger partial charge in [0.2, 0.25) is 5.91 Å². The second-order valence-electron chi connectivity index (χ2n) is 6.89. The lowest BCUT2D eigenvalue weighted by Crippen LogP contribution is -2.50. The number of hydrogen-bond donors (Lipinski definition) is 1. The molecule has 3 heteroatoms. The number of amides is 1. The fourth-order valence-electron chi connectivity index (χ4n) is 2.86. The Balaban J connectivity index is 2.24. The van der Waals surface area contributed by atoms with Gasteiger partial charge in [0.1, 0.15) is 0 Å². The quantitative estimate of drug-likeness (QED) is 0.901. The number of carbonyl (C=O) groups excluding carboxylic acids is 1. The van der Waals surface area contributed by atoms with Crippen LogP contribution in [0.25, 0.3) is 0 Å². The van der Waals surface area contributed by atoms with Crippen molar-refractivity contribution < 1.29 is 4.79 Å². The van der Waals surface area contributed by atoms with Gasteiger partial charge < -0.3 is 10.6 Å². The average molecular weight is 274 g/mol. The molecule has 2 atom stereocenters. The molecule has 1 heterocycles. The van der Waals surface area contributed by atoms with Crippen molar-refractivity contribution in [3.05, 3.63) is 35.4 Å². The van der Waals surface area contributed by atoms with Gasteiger partial charge in [-0.25, -0.2) is 0 Å². The lowest BCUT2D eigenvalue weighted by molar-refractivity contribution is -0.135. The molecular formula is C17H26N2O. The van der Waals surface area contributed by atoms with Crippen LogP contribution in [0, 0.1) is 12.3 Å². The number of aryl methyl sites for hydroxylation is 1. The van der Waals surface area contributed by atoms with Crippen LogP contribution >= 0.6 is 0 Å². The molecule has 1 aromatic rings. The molecule has 0 bridgehead atoms. The Kier molecular flexibility index (Phi) is 4.19. The maximum atomic E-state index is 12.7. The van der Waals surface area contributed by atoms with E-state index < -0.39 is 6.04 Å². The second-order valence-corrected chi connectivity index (χ2v) is 6.89. The molecule has 0 saturated carbocycles. The Bertz CT molecular complexity index is 490. The summed E-state index contributed by atoms with van der Waals surface area (Å²) in [6.45, 7) is 9.00. The van der Waals surface area contributed by atoms with Gasteiger partial charge in [0.05, 0.1) is 12.1 Å². The van der Waals surface area contributed by atoms with Gasteiger partial charge in [0, 0.05) is 6.54 Å². The first kappa shape index (κ1) is 15.0. The number of likely N-dealkylation sites (tertiary alicyclic amines) is 1. The van der Waals surface area contributed by atoms with Gasteiger partial charge in [-0.05, 0) is 36.3 Å². The molecule has 1 amide bonds. The van der Waals surface area contributed by atoms with Crippen molar-refractivity contribution in [3.8, 4) is 0 Å². The van der Waals surface area contributed by atoms with Crippen molar-refractivity contribution in [1.29, 1.82) is 0 Å². The zero-order valence-electron chi connectivity index (χ0n) is 13.0. The maximum absolute atomic E-state index is 12.7. The monoisotopic (exact) mass is 274 g/mol. The third-order valence-corrected chi connectivity index (χ3v) is 4.28. The highest BCUT2D eigenvalue weighted by Crippen LogP contribution is 2.35. The van der Waals surface area contributed by atoms with E-state index in [2.05, 4.69) is 19.1 Å². The van der Waals surface area contributed by atoms with E-state index in [-0.39, 0.29) is 17.4 Å². The number of hydrogen-bond acceptors (Lipinski definition) is 2. The minimum atomic E-state index is -0.438. The number of nitrogens with two attached hydrogens (primary N) is 1. The lowest BCUT2D eigenvalue weighted by Gasteiger charge is -2.33. The highest BCUT2D eigenvalue weighted by Gasteiger charge is 2.37. The fourth-order valence-corrected chi connectivity index (χ4v) is 2.86. The van der Waals surface area contributed by atoms with Crippen molar-refractivity contribution in [2.45, 2.75) is 52.6 Å². The maximum Gasteiger partial charge on any atom is 0.240 e. The van der Waals surface area contributed by atoms with E-state index in [1.54, 1.807) is 0 Å². The summed E-state index contributed by atoms with van der Waals surface area (Å²) in [5, 5.41) is 0. The molecule has 1 aromatic carbocycles. The first-order chi connectivity index (χ1) is 9.32. The summed E-state index contributed by atoms with van der Waals surface area (Å²) >= 11 is 0. The summed E-state index contributed by atoms with van der Waals surface area (Å²) < 4.78 is 0. The Labute approximate surface area is 122 Å². The highest BCUT2D eigenvalue weighted by molar-refractivity contribution is 5.83. The zero-order valence-corrected chi connectivity index (χ0v) is 13.0. The molecule has 3 nitrogen and oxygen atoms in total. The summed E-state index contributed by atoms with van der Waals surface area (Å²) in [6.07, 6.45) is 2.09. The summed E-state index contributed by atoms with van der Waals surface area (Å²) in [6, 6.07) is 8.09. The molecule has 0 radical (unpaired) electrons. The SMILES string of the molecule is Cc1ccccc1C1CCCN1C(=O)[C@@H](N)C(C)(C)C. The summed E-state index contributed by atoms with van der Waals surface area (Å²) in [5.41, 5.74) is 8.48. The number of carbonyl (C=O) groups is 1. The van der Waals surface area contributed by atoms with Crippen LogP contribution in [0.2, 0.25) is 0 Å². The molecule has 1 unspecified atom stereocenters. The number of rotatable bonds is 2. The largest absolute Gasteiger partial charge is 0.334 e. The van der Waals surface area contributed by atoms with Crippen molar-refractivity contribution in [1.82, 2.24) is 4.90 Å². The van der Waals surface area contributed by atoms with Crippen LogP contribution in [0.1, 0.15) is 50.8 Å². The Morgan fingerprint density at radius 2 is 2.00 bits per heavy atom. The molecule has 1 aliphatic heterocycles. The summed E-state index contributed by atoms with van der Waals surface area (Å²) in [4.78, 5) is 14.7. The molecular weight excluding hydrogens is 248 g/mol. The molecule has 0 aliphatic carbocycles. The standard InChI is InChI=1S/C17H26N2O/c1-12-8-5-6-9-13(12)14-10-7-11-19(14)16(20)15(18)17(2,3)4/h5-6,8-9,14-15H,7,10-11,18H2,1-4H3/t14?,15-/m1/s1. The van der Waals surface area contributed by atoms with E-state index in [9.17, 15) is 4.79 Å². The van der Waals surface area contributed by atoms with Crippen LogP contribution in [0.3, 0.4) is 0 Å². The van der Waals surface area contributed by atoms with E-state index >= 15 is 0 Å². The smallest absolute Gasteiger partial charge is 0.240 e. The summed E-state index contributed by atoms with van der Waals surface area (Å²) in [7, 11) is 0. The van der Waals surface area contributed by atoms with Crippen molar-refractivity contribution in [2.24, 2.45) is 11.1 Å². The van der Waals surface area contributed by atoms with Crippen molar-refractivity contribution in [2.75, 3.05) is 6.54 Å². The van der Waals surface area contributed by atoms with Crippen molar-refractivity contribution >= 4 is 5.91 Å². The van der Waals surface area contributed by atoms with Gasteiger partial charge in [-0.3, -0.25) is 4.79 Å². The molecule has 1 saturated heterocycles. The van der Waals surface area contributed by atoms with Crippen LogP contribution in [0.4, 0.5) is 0 Å². The van der Waals surface area contributed by atoms with Gasteiger partial charge >= 0.3 is 0 Å². The normalized spacial score (nSPS) is 21.1. The van der Waals surface area contributed by atoms with Gasteiger partial charge in [-0.2, -0.15) is 0 Å². The Morgan fingerprint density at radius 1 is 1.35 bits per heavy atom. The number of nitrogens with zero attached hydrogens (tertiary/aromatic N) is 1. The highest BCUT2D eigenvalue weighted by atomic mass is 16.2. The average Bonchev–Trinajstić information content (AvgIpc) is 2.85. The Hall–Kier alpha value is -1.35. The van der Waals surface area contributed by atoms with Crippen molar-refractivity contribution in [3.63, 3.8) is 0 Å². The minimum Gasteiger partial charge on any atom is -0.334 e. The van der Waals surface area contributed by atoms with Gasteiger partial charge in [0.25, 0.3) is 0 Å². The molecule has 0 spiro atoms. The zero-order chi connectivity index (χ0) is 14.9. The van der Waals surface area contributed by atoms with E-state index in [0.717, 1.165) is 19.4 Å². The Morgan fingerprint density at radius 3 is 2.60 bits per heavy atom. The van der Waals surface area contributed by atoms with E-state index in [4.69, 9.17) is 5.73 Å². The third-order valence-electron chi connectivity index (χ3n) is 4.28. The molecule has 1 fully saturated rings. The van der Waals surface area contributed by atoms with Crippen LogP contribution in [-0.2, 0) is 4.79 Å². The first-order valence-corrected chi connectivity index (χ1v) is 7.44. The predicted molar refractivity (Wildman–Crippen MR) is 82.3 cm³/mol. The van der Waals surface area contributed by atoms with E-state index in [1.165, 1.54) is 11.1 Å². The van der Waals surface area contributed by atoms with E-state index in [0.29, 0.717) is 0 Å². The molecule has 110 valence electrons. The molecule has 2 N–H and O–H groups in total. The van der Waals surface area contributed by atoms with E-state index in [1.807, 2.05) is 37.8 Å². The minimum absolute atomic E-state index is 0.0863. The third kappa shape index (κ3) is 2.88. The van der Waals surface area contributed by atoms with Gasteiger partial charge in [0.15, 0.2) is 0 Å². The second kappa shape index (κ2) is 5.57. The fraction of sp³-hybridized carbons (Fsp3) is 0.588. The predicted octanol–water partition coefficient (Wildman–Crippen LogP) is 3.03. The lowest BCUT2D eigenvalue weighted by atomic mass is 9.86. The molecule has 1 aliphatic rings.